The number of nitrogens with zero attached hydrogens (tertiary/aromatic N) is 1. The molecule has 7 heteroatoms. The molecular formula is C9H5BrF2N2O2. The third kappa shape index (κ3) is 1.53. The molecule has 0 saturated heterocycles. The molecule has 0 aliphatic carbocycles. The number of rotatable bonds is 1. The van der Waals surface area contributed by atoms with Crippen LogP contribution in [0.25, 0.3) is 11.1 Å². The van der Waals surface area contributed by atoms with Gasteiger partial charge in [-0.1, -0.05) is 5.16 Å². The Hall–Kier alpha value is -1.63. The first-order valence-corrected chi connectivity index (χ1v) is 4.88. The second-order valence-corrected chi connectivity index (χ2v) is 3.78. The summed E-state index contributed by atoms with van der Waals surface area (Å²) in [5, 5.41) is 12.5. The van der Waals surface area contributed by atoms with Crippen molar-refractivity contribution < 1.29 is 18.4 Å². The van der Waals surface area contributed by atoms with Gasteiger partial charge in [0.1, 0.15) is 11.6 Å². The fraction of sp³-hybridized carbons (Fsp3) is 0. The normalized spacial score (nSPS) is 10.7. The van der Waals surface area contributed by atoms with Gasteiger partial charge in [0.15, 0.2) is 5.82 Å². The number of phenols is 1. The van der Waals surface area contributed by atoms with Crippen LogP contribution in [0.4, 0.5) is 14.7 Å². The molecule has 0 unspecified atom stereocenters. The highest BCUT2D eigenvalue weighted by Gasteiger charge is 2.21. The van der Waals surface area contributed by atoms with E-state index >= 15 is 0 Å². The Bertz CT molecular complexity index is 557. The van der Waals surface area contributed by atoms with E-state index in [1.165, 1.54) is 0 Å². The van der Waals surface area contributed by atoms with Crippen molar-refractivity contribution >= 4 is 21.8 Å². The standard InChI is InChI=1S/C9H5BrF2N2O2/c10-7-5(15)1-4(11)6(8(7)12)3-2-14-16-9(3)13/h1-2,15H,13H2. The SMILES string of the molecule is Nc1oncc1-c1c(F)cc(O)c(Br)c1F. The number of anilines is 1. The number of aromatic nitrogens is 1. The molecule has 1 heterocycles. The van der Waals surface area contributed by atoms with Gasteiger partial charge in [-0.25, -0.2) is 8.78 Å². The van der Waals surface area contributed by atoms with E-state index in [-0.39, 0.29) is 15.9 Å². The zero-order valence-corrected chi connectivity index (χ0v) is 9.25. The largest absolute Gasteiger partial charge is 0.507 e. The average Bonchev–Trinajstić information content (AvgIpc) is 2.62. The molecule has 16 heavy (non-hydrogen) atoms. The molecular weight excluding hydrogens is 286 g/mol. The van der Waals surface area contributed by atoms with Crippen LogP contribution in [-0.4, -0.2) is 10.3 Å². The number of hydrogen-bond acceptors (Lipinski definition) is 4. The fourth-order valence-electron chi connectivity index (χ4n) is 1.27. The van der Waals surface area contributed by atoms with Gasteiger partial charge in [0.25, 0.3) is 0 Å². The van der Waals surface area contributed by atoms with Crippen molar-refractivity contribution in [3.8, 4) is 16.9 Å². The minimum atomic E-state index is -0.965. The van der Waals surface area contributed by atoms with Crippen molar-refractivity contribution in [1.29, 1.82) is 0 Å². The lowest BCUT2D eigenvalue weighted by atomic mass is 10.1. The van der Waals surface area contributed by atoms with Gasteiger partial charge in [0.2, 0.25) is 5.88 Å². The molecule has 4 nitrogen and oxygen atoms in total. The minimum Gasteiger partial charge on any atom is -0.507 e. The smallest absolute Gasteiger partial charge is 0.230 e. The zero-order valence-electron chi connectivity index (χ0n) is 7.67. The zero-order chi connectivity index (χ0) is 11.9. The van der Waals surface area contributed by atoms with Crippen LogP contribution in [-0.2, 0) is 0 Å². The van der Waals surface area contributed by atoms with Crippen LogP contribution in [0.2, 0.25) is 0 Å². The maximum atomic E-state index is 13.7. The number of aromatic hydroxyl groups is 1. The second-order valence-electron chi connectivity index (χ2n) is 2.98. The summed E-state index contributed by atoms with van der Waals surface area (Å²) in [6.45, 7) is 0. The van der Waals surface area contributed by atoms with Gasteiger partial charge in [-0.05, 0) is 15.9 Å². The Labute approximate surface area is 96.8 Å². The van der Waals surface area contributed by atoms with E-state index in [2.05, 4.69) is 25.6 Å². The van der Waals surface area contributed by atoms with Crippen molar-refractivity contribution in [3.05, 3.63) is 28.4 Å². The second kappa shape index (κ2) is 3.75. The molecule has 1 aromatic carbocycles. The molecule has 3 N–H and O–H groups in total. The predicted molar refractivity (Wildman–Crippen MR) is 55.6 cm³/mol. The highest BCUT2D eigenvalue weighted by Crippen LogP contribution is 2.38. The molecule has 0 atom stereocenters. The van der Waals surface area contributed by atoms with Crippen LogP contribution in [0.3, 0.4) is 0 Å². The van der Waals surface area contributed by atoms with Crippen molar-refractivity contribution in [2.24, 2.45) is 0 Å². The quantitative estimate of drug-likeness (QED) is 0.792. The molecule has 0 bridgehead atoms. The summed E-state index contributed by atoms with van der Waals surface area (Å²) >= 11 is 2.79. The number of hydrogen-bond donors (Lipinski definition) is 2. The first-order chi connectivity index (χ1) is 7.52. The van der Waals surface area contributed by atoms with Crippen molar-refractivity contribution in [2.45, 2.75) is 0 Å². The van der Waals surface area contributed by atoms with Gasteiger partial charge in [-0.3, -0.25) is 0 Å². The summed E-state index contributed by atoms with van der Waals surface area (Å²) in [5.41, 5.74) is 4.95. The van der Waals surface area contributed by atoms with Crippen LogP contribution in [0.1, 0.15) is 0 Å². The van der Waals surface area contributed by atoms with E-state index in [0.29, 0.717) is 0 Å². The van der Waals surface area contributed by atoms with Crippen LogP contribution in [0.15, 0.2) is 21.3 Å². The number of halogens is 3. The van der Waals surface area contributed by atoms with Crippen LogP contribution < -0.4 is 5.73 Å². The molecule has 1 aromatic heterocycles. The maximum absolute atomic E-state index is 13.7. The molecule has 0 radical (unpaired) electrons. The Morgan fingerprint density at radius 2 is 2.12 bits per heavy atom. The van der Waals surface area contributed by atoms with Gasteiger partial charge in [0.05, 0.1) is 21.8 Å². The number of nitrogens with two attached hydrogens (primary N) is 1. The topological polar surface area (TPSA) is 72.3 Å². The Balaban J connectivity index is 2.76. The van der Waals surface area contributed by atoms with E-state index in [4.69, 9.17) is 5.73 Å². The highest BCUT2D eigenvalue weighted by atomic mass is 79.9. The fourth-order valence-corrected chi connectivity index (χ4v) is 1.58. The summed E-state index contributed by atoms with van der Waals surface area (Å²) in [4.78, 5) is 0. The molecule has 0 amide bonds. The first-order valence-electron chi connectivity index (χ1n) is 4.09. The number of phenolic OH excluding ortho intramolecular Hbond substituents is 1. The van der Waals surface area contributed by atoms with Gasteiger partial charge >= 0.3 is 0 Å². The molecule has 0 fully saturated rings. The summed E-state index contributed by atoms with van der Waals surface area (Å²) in [6, 6.07) is 0.773. The minimum absolute atomic E-state index is 0.00398. The van der Waals surface area contributed by atoms with E-state index in [0.717, 1.165) is 12.3 Å². The molecule has 2 rings (SSSR count). The van der Waals surface area contributed by atoms with Crippen LogP contribution >= 0.6 is 15.9 Å². The lowest BCUT2D eigenvalue weighted by molar-refractivity contribution is 0.436. The summed E-state index contributed by atoms with van der Waals surface area (Å²) in [5.74, 6) is -2.65. The lowest BCUT2D eigenvalue weighted by Crippen LogP contribution is -1.94. The average molecular weight is 291 g/mol. The van der Waals surface area contributed by atoms with Crippen molar-refractivity contribution in [1.82, 2.24) is 5.16 Å². The van der Waals surface area contributed by atoms with Crippen LogP contribution in [0.5, 0.6) is 5.75 Å². The van der Waals surface area contributed by atoms with Crippen molar-refractivity contribution in [3.63, 3.8) is 0 Å². The maximum Gasteiger partial charge on any atom is 0.230 e. The summed E-state index contributed by atoms with van der Waals surface area (Å²) < 4.78 is 31.5. The molecule has 2 aromatic rings. The van der Waals surface area contributed by atoms with E-state index < -0.39 is 22.9 Å². The molecule has 0 aliphatic rings. The summed E-state index contributed by atoms with van der Waals surface area (Å²) in [7, 11) is 0. The van der Waals surface area contributed by atoms with Gasteiger partial charge in [0, 0.05) is 6.07 Å². The first kappa shape index (κ1) is 10.9. The van der Waals surface area contributed by atoms with Crippen molar-refractivity contribution in [2.75, 3.05) is 5.73 Å². The Morgan fingerprint density at radius 1 is 1.44 bits per heavy atom. The summed E-state index contributed by atoms with van der Waals surface area (Å²) in [6.07, 6.45) is 1.10. The molecule has 84 valence electrons. The third-order valence-corrected chi connectivity index (χ3v) is 2.76. The number of nitrogen functional groups attached to an aromatic ring is 1. The Morgan fingerprint density at radius 3 is 2.69 bits per heavy atom. The van der Waals surface area contributed by atoms with Gasteiger partial charge < -0.3 is 15.4 Å². The van der Waals surface area contributed by atoms with Gasteiger partial charge in [-0.2, -0.15) is 0 Å². The molecule has 0 spiro atoms. The third-order valence-electron chi connectivity index (χ3n) is 2.01. The van der Waals surface area contributed by atoms with E-state index in [1.807, 2.05) is 0 Å². The molecule has 0 aliphatic heterocycles. The number of benzene rings is 1. The van der Waals surface area contributed by atoms with E-state index in [9.17, 15) is 13.9 Å². The Kier molecular flexibility index (Phi) is 2.55. The predicted octanol–water partition coefficient (Wildman–Crippen LogP) is 2.67. The van der Waals surface area contributed by atoms with Crippen LogP contribution in [0, 0.1) is 11.6 Å². The monoisotopic (exact) mass is 290 g/mol. The van der Waals surface area contributed by atoms with E-state index in [1.54, 1.807) is 0 Å². The lowest BCUT2D eigenvalue weighted by Gasteiger charge is -2.06. The van der Waals surface area contributed by atoms with Gasteiger partial charge in [-0.15, -0.1) is 0 Å². The highest BCUT2D eigenvalue weighted by molar-refractivity contribution is 9.10. The molecule has 0 saturated carbocycles.